The van der Waals surface area contributed by atoms with Gasteiger partial charge in [-0.1, -0.05) is 12.1 Å². The van der Waals surface area contributed by atoms with Crippen LogP contribution in [0.25, 0.3) is 0 Å². The largest absolute Gasteiger partial charge is 0.316 e. The molecule has 1 aliphatic rings. The van der Waals surface area contributed by atoms with Crippen molar-refractivity contribution in [3.63, 3.8) is 0 Å². The molecule has 3 heteroatoms. The SMILES string of the molecule is CNC(c1ccc(F)cc1)C1CNC1. The van der Waals surface area contributed by atoms with Crippen LogP contribution in [0, 0.1) is 11.7 Å². The van der Waals surface area contributed by atoms with Crippen LogP contribution in [0.1, 0.15) is 11.6 Å². The van der Waals surface area contributed by atoms with Crippen molar-refractivity contribution in [3.05, 3.63) is 35.6 Å². The number of halogens is 1. The van der Waals surface area contributed by atoms with Crippen LogP contribution in [-0.4, -0.2) is 20.1 Å². The Morgan fingerprint density at radius 2 is 2.00 bits per heavy atom. The van der Waals surface area contributed by atoms with Gasteiger partial charge in [0.1, 0.15) is 5.82 Å². The minimum atomic E-state index is -0.171. The van der Waals surface area contributed by atoms with Gasteiger partial charge in [-0.2, -0.15) is 0 Å². The monoisotopic (exact) mass is 194 g/mol. The van der Waals surface area contributed by atoms with Gasteiger partial charge in [0.15, 0.2) is 0 Å². The lowest BCUT2D eigenvalue weighted by atomic mass is 9.89. The zero-order valence-electron chi connectivity index (χ0n) is 8.26. The molecule has 1 aliphatic heterocycles. The fourth-order valence-electron chi connectivity index (χ4n) is 1.89. The van der Waals surface area contributed by atoms with E-state index >= 15 is 0 Å². The Morgan fingerprint density at radius 3 is 2.43 bits per heavy atom. The van der Waals surface area contributed by atoms with Gasteiger partial charge >= 0.3 is 0 Å². The average Bonchev–Trinajstić information content (AvgIpc) is 2.13. The van der Waals surface area contributed by atoms with Crippen molar-refractivity contribution in [1.82, 2.24) is 10.6 Å². The molecule has 0 radical (unpaired) electrons. The second-order valence-electron chi connectivity index (χ2n) is 3.74. The predicted octanol–water partition coefficient (Wildman–Crippen LogP) is 1.31. The molecule has 14 heavy (non-hydrogen) atoms. The molecule has 2 rings (SSSR count). The predicted molar refractivity (Wildman–Crippen MR) is 54.6 cm³/mol. The van der Waals surface area contributed by atoms with E-state index in [9.17, 15) is 4.39 Å². The topological polar surface area (TPSA) is 24.1 Å². The lowest BCUT2D eigenvalue weighted by molar-refractivity contribution is 0.268. The first-order chi connectivity index (χ1) is 6.81. The molecule has 0 bridgehead atoms. The molecule has 0 amide bonds. The molecule has 1 saturated heterocycles. The number of benzene rings is 1. The highest BCUT2D eigenvalue weighted by Crippen LogP contribution is 2.24. The molecule has 0 saturated carbocycles. The summed E-state index contributed by atoms with van der Waals surface area (Å²) in [6.07, 6.45) is 0. The molecule has 2 N–H and O–H groups in total. The molecular weight excluding hydrogens is 179 g/mol. The summed E-state index contributed by atoms with van der Waals surface area (Å²) in [6, 6.07) is 7.10. The van der Waals surface area contributed by atoms with Crippen molar-refractivity contribution < 1.29 is 4.39 Å². The van der Waals surface area contributed by atoms with Gasteiger partial charge < -0.3 is 10.6 Å². The van der Waals surface area contributed by atoms with Gasteiger partial charge in [-0.05, 0) is 24.7 Å². The maximum absolute atomic E-state index is 12.7. The summed E-state index contributed by atoms with van der Waals surface area (Å²) in [4.78, 5) is 0. The fourth-order valence-corrected chi connectivity index (χ4v) is 1.89. The van der Waals surface area contributed by atoms with E-state index in [0.717, 1.165) is 13.1 Å². The van der Waals surface area contributed by atoms with E-state index in [4.69, 9.17) is 0 Å². The van der Waals surface area contributed by atoms with Crippen LogP contribution in [0.4, 0.5) is 4.39 Å². The summed E-state index contributed by atoms with van der Waals surface area (Å²) in [5, 5.41) is 6.52. The van der Waals surface area contributed by atoms with Crippen LogP contribution in [0.15, 0.2) is 24.3 Å². The van der Waals surface area contributed by atoms with E-state index in [-0.39, 0.29) is 5.82 Å². The van der Waals surface area contributed by atoms with Gasteiger partial charge in [0.05, 0.1) is 0 Å². The van der Waals surface area contributed by atoms with E-state index in [1.807, 2.05) is 19.2 Å². The van der Waals surface area contributed by atoms with Crippen molar-refractivity contribution >= 4 is 0 Å². The van der Waals surface area contributed by atoms with E-state index in [2.05, 4.69) is 10.6 Å². The van der Waals surface area contributed by atoms with Crippen molar-refractivity contribution in [3.8, 4) is 0 Å². The third kappa shape index (κ3) is 1.79. The first-order valence-electron chi connectivity index (χ1n) is 4.94. The maximum atomic E-state index is 12.7. The first kappa shape index (κ1) is 9.62. The summed E-state index contributed by atoms with van der Waals surface area (Å²) in [6.45, 7) is 2.09. The summed E-state index contributed by atoms with van der Waals surface area (Å²) in [7, 11) is 1.95. The van der Waals surface area contributed by atoms with Gasteiger partial charge in [0, 0.05) is 25.0 Å². The number of hydrogen-bond acceptors (Lipinski definition) is 2. The smallest absolute Gasteiger partial charge is 0.123 e. The molecule has 1 aromatic rings. The molecule has 0 spiro atoms. The highest BCUT2D eigenvalue weighted by molar-refractivity contribution is 5.21. The Kier molecular flexibility index (Phi) is 2.79. The number of hydrogen-bond donors (Lipinski definition) is 2. The van der Waals surface area contributed by atoms with Crippen LogP contribution in [0.2, 0.25) is 0 Å². The van der Waals surface area contributed by atoms with Crippen molar-refractivity contribution in [1.29, 1.82) is 0 Å². The third-order valence-corrected chi connectivity index (χ3v) is 2.82. The standard InChI is InChI=1S/C11H15FN2/c1-13-11(9-6-14-7-9)8-2-4-10(12)5-3-8/h2-5,9,11,13-14H,6-7H2,1H3. The summed E-state index contributed by atoms with van der Waals surface area (Å²) >= 11 is 0. The quantitative estimate of drug-likeness (QED) is 0.758. The first-order valence-corrected chi connectivity index (χ1v) is 4.94. The van der Waals surface area contributed by atoms with E-state index in [0.29, 0.717) is 12.0 Å². The zero-order chi connectivity index (χ0) is 9.97. The maximum Gasteiger partial charge on any atom is 0.123 e. The van der Waals surface area contributed by atoms with Gasteiger partial charge in [-0.25, -0.2) is 4.39 Å². The number of nitrogens with one attached hydrogen (secondary N) is 2. The van der Waals surface area contributed by atoms with Crippen LogP contribution in [0.5, 0.6) is 0 Å². The molecule has 0 aliphatic carbocycles. The molecule has 2 nitrogen and oxygen atoms in total. The molecule has 1 atom stereocenters. The highest BCUT2D eigenvalue weighted by atomic mass is 19.1. The minimum absolute atomic E-state index is 0.171. The van der Waals surface area contributed by atoms with E-state index in [1.54, 1.807) is 0 Å². The lowest BCUT2D eigenvalue weighted by Gasteiger charge is -2.34. The van der Waals surface area contributed by atoms with E-state index in [1.165, 1.54) is 17.7 Å². The Bertz CT molecular complexity index is 293. The fraction of sp³-hybridized carbons (Fsp3) is 0.455. The molecule has 1 unspecified atom stereocenters. The summed E-state index contributed by atoms with van der Waals surface area (Å²) < 4.78 is 12.7. The molecule has 76 valence electrons. The summed E-state index contributed by atoms with van der Waals surface area (Å²) in [5.74, 6) is 0.459. The van der Waals surface area contributed by atoms with Crippen molar-refractivity contribution in [2.45, 2.75) is 6.04 Å². The van der Waals surface area contributed by atoms with Gasteiger partial charge in [-0.3, -0.25) is 0 Å². The normalized spacial score (nSPS) is 19.0. The van der Waals surface area contributed by atoms with Crippen molar-refractivity contribution in [2.75, 3.05) is 20.1 Å². The zero-order valence-corrected chi connectivity index (χ0v) is 8.26. The summed E-state index contributed by atoms with van der Waals surface area (Å²) in [5.41, 5.74) is 1.17. The molecule has 1 heterocycles. The van der Waals surface area contributed by atoms with E-state index < -0.39 is 0 Å². The molecular formula is C11H15FN2. The highest BCUT2D eigenvalue weighted by Gasteiger charge is 2.26. The van der Waals surface area contributed by atoms with Crippen LogP contribution < -0.4 is 10.6 Å². The molecule has 1 aromatic carbocycles. The van der Waals surface area contributed by atoms with Crippen LogP contribution in [0.3, 0.4) is 0 Å². The minimum Gasteiger partial charge on any atom is -0.316 e. The Balaban J connectivity index is 2.14. The Hall–Kier alpha value is -0.930. The molecule has 1 fully saturated rings. The number of rotatable bonds is 3. The van der Waals surface area contributed by atoms with Gasteiger partial charge in [0.2, 0.25) is 0 Å². The third-order valence-electron chi connectivity index (χ3n) is 2.82. The second-order valence-corrected chi connectivity index (χ2v) is 3.74. The van der Waals surface area contributed by atoms with Crippen LogP contribution in [-0.2, 0) is 0 Å². The second kappa shape index (κ2) is 4.07. The lowest BCUT2D eigenvalue weighted by Crippen LogP contribution is -2.48. The van der Waals surface area contributed by atoms with Gasteiger partial charge in [0.25, 0.3) is 0 Å². The van der Waals surface area contributed by atoms with Crippen molar-refractivity contribution in [2.24, 2.45) is 5.92 Å². The Morgan fingerprint density at radius 1 is 1.36 bits per heavy atom. The van der Waals surface area contributed by atoms with Gasteiger partial charge in [-0.15, -0.1) is 0 Å². The average molecular weight is 194 g/mol. The molecule has 0 aromatic heterocycles. The Labute approximate surface area is 83.5 Å². The van der Waals surface area contributed by atoms with Crippen LogP contribution >= 0.6 is 0 Å².